The van der Waals surface area contributed by atoms with E-state index in [1.54, 1.807) is 31.5 Å². The Morgan fingerprint density at radius 2 is 1.90 bits per heavy atom. The summed E-state index contributed by atoms with van der Waals surface area (Å²) in [4.78, 5) is 30.9. The van der Waals surface area contributed by atoms with Gasteiger partial charge in [0.2, 0.25) is 0 Å². The fourth-order valence-corrected chi connectivity index (χ4v) is 1.76. The summed E-state index contributed by atoms with van der Waals surface area (Å²) in [5.74, 6) is -1.70. The van der Waals surface area contributed by atoms with Crippen LogP contribution in [0.5, 0.6) is 0 Å². The van der Waals surface area contributed by atoms with Crippen LogP contribution >= 0.6 is 0 Å². The van der Waals surface area contributed by atoms with Crippen molar-refractivity contribution in [2.75, 3.05) is 0 Å². The Balaban J connectivity index is 2.19. The number of hydrogen-bond donors (Lipinski definition) is 2. The molecule has 0 saturated heterocycles. The summed E-state index contributed by atoms with van der Waals surface area (Å²) in [7, 11) is 0. The molecule has 0 fully saturated rings. The molecule has 2 N–H and O–H groups in total. The molecule has 2 aromatic heterocycles. The average molecular weight is 271 g/mol. The Hall–Kier alpha value is -2.76. The Morgan fingerprint density at radius 1 is 1.20 bits per heavy atom. The summed E-state index contributed by atoms with van der Waals surface area (Å²) in [5.41, 5.74) is 0.661. The van der Waals surface area contributed by atoms with Gasteiger partial charge < -0.3 is 10.4 Å². The van der Waals surface area contributed by atoms with Gasteiger partial charge in [0.05, 0.1) is 11.6 Å². The Kier molecular flexibility index (Phi) is 4.05. The SMILES string of the molecule is C[C@H](NC(=O)c1ncccc1C(=O)O)c1ccncc1. The van der Waals surface area contributed by atoms with Crippen LogP contribution in [-0.4, -0.2) is 27.0 Å². The average Bonchev–Trinajstić information content (AvgIpc) is 2.48. The fraction of sp³-hybridized carbons (Fsp3) is 0.143. The highest BCUT2D eigenvalue weighted by Crippen LogP contribution is 2.12. The van der Waals surface area contributed by atoms with E-state index in [0.717, 1.165) is 5.56 Å². The lowest BCUT2D eigenvalue weighted by Gasteiger charge is -2.14. The summed E-state index contributed by atoms with van der Waals surface area (Å²) < 4.78 is 0. The summed E-state index contributed by atoms with van der Waals surface area (Å²) in [5, 5.41) is 11.8. The van der Waals surface area contributed by atoms with Crippen molar-refractivity contribution in [3.8, 4) is 0 Å². The minimum atomic E-state index is -1.18. The molecule has 2 rings (SSSR count). The first-order valence-corrected chi connectivity index (χ1v) is 5.98. The maximum Gasteiger partial charge on any atom is 0.338 e. The second-order valence-corrected chi connectivity index (χ2v) is 4.18. The van der Waals surface area contributed by atoms with Gasteiger partial charge in [0.25, 0.3) is 5.91 Å². The van der Waals surface area contributed by atoms with Gasteiger partial charge in [-0.15, -0.1) is 0 Å². The molecule has 2 heterocycles. The minimum absolute atomic E-state index is 0.0964. The quantitative estimate of drug-likeness (QED) is 0.882. The lowest BCUT2D eigenvalue weighted by atomic mass is 10.1. The van der Waals surface area contributed by atoms with E-state index in [4.69, 9.17) is 5.11 Å². The van der Waals surface area contributed by atoms with Gasteiger partial charge in [0.15, 0.2) is 0 Å². The molecule has 2 aromatic rings. The molecule has 1 amide bonds. The second kappa shape index (κ2) is 5.92. The number of hydrogen-bond acceptors (Lipinski definition) is 4. The van der Waals surface area contributed by atoms with Gasteiger partial charge in [-0.05, 0) is 36.8 Å². The van der Waals surface area contributed by atoms with Gasteiger partial charge in [-0.3, -0.25) is 14.8 Å². The summed E-state index contributed by atoms with van der Waals surface area (Å²) in [6, 6.07) is 6.12. The molecule has 0 aliphatic heterocycles. The van der Waals surface area contributed by atoms with Crippen LogP contribution in [0.25, 0.3) is 0 Å². The Morgan fingerprint density at radius 3 is 2.55 bits per heavy atom. The maximum absolute atomic E-state index is 12.1. The molecule has 0 aliphatic rings. The largest absolute Gasteiger partial charge is 0.478 e. The zero-order valence-electron chi connectivity index (χ0n) is 10.8. The van der Waals surface area contributed by atoms with Crippen LogP contribution in [0.2, 0.25) is 0 Å². The monoisotopic (exact) mass is 271 g/mol. The molecule has 6 heteroatoms. The lowest BCUT2D eigenvalue weighted by Crippen LogP contribution is -2.29. The van der Waals surface area contributed by atoms with E-state index in [1.807, 2.05) is 0 Å². The number of carbonyl (C=O) groups is 2. The van der Waals surface area contributed by atoms with Crippen LogP contribution in [0.3, 0.4) is 0 Å². The zero-order valence-corrected chi connectivity index (χ0v) is 10.8. The van der Waals surface area contributed by atoms with Crippen LogP contribution in [0.1, 0.15) is 39.4 Å². The minimum Gasteiger partial charge on any atom is -0.478 e. The molecule has 6 nitrogen and oxygen atoms in total. The zero-order chi connectivity index (χ0) is 14.5. The third-order valence-electron chi connectivity index (χ3n) is 2.81. The normalized spacial score (nSPS) is 11.7. The number of carboxylic acid groups (broad SMARTS) is 1. The third kappa shape index (κ3) is 2.97. The third-order valence-corrected chi connectivity index (χ3v) is 2.81. The fourth-order valence-electron chi connectivity index (χ4n) is 1.76. The molecule has 0 bridgehead atoms. The van der Waals surface area contributed by atoms with E-state index >= 15 is 0 Å². The second-order valence-electron chi connectivity index (χ2n) is 4.18. The molecule has 102 valence electrons. The van der Waals surface area contributed by atoms with Crippen molar-refractivity contribution in [1.29, 1.82) is 0 Å². The van der Waals surface area contributed by atoms with E-state index < -0.39 is 11.9 Å². The van der Waals surface area contributed by atoms with E-state index in [9.17, 15) is 9.59 Å². The number of carboxylic acids is 1. The predicted molar refractivity (Wildman–Crippen MR) is 71.3 cm³/mol. The standard InChI is InChI=1S/C14H13N3O3/c1-9(10-4-7-15-8-5-10)17-13(18)12-11(14(19)20)3-2-6-16-12/h2-9H,1H3,(H,17,18)(H,19,20)/t9-/m0/s1. The van der Waals surface area contributed by atoms with Crippen LogP contribution < -0.4 is 5.32 Å². The van der Waals surface area contributed by atoms with Crippen molar-refractivity contribution < 1.29 is 14.7 Å². The van der Waals surface area contributed by atoms with E-state index in [2.05, 4.69) is 15.3 Å². The number of amides is 1. The predicted octanol–water partition coefficient (Wildman–Crippen LogP) is 1.67. The number of pyridine rings is 2. The van der Waals surface area contributed by atoms with Gasteiger partial charge in [-0.1, -0.05) is 0 Å². The topological polar surface area (TPSA) is 92.2 Å². The summed E-state index contributed by atoms with van der Waals surface area (Å²) in [6.07, 6.45) is 4.64. The van der Waals surface area contributed by atoms with E-state index in [1.165, 1.54) is 18.3 Å². The molecular formula is C14H13N3O3. The molecule has 0 aliphatic carbocycles. The van der Waals surface area contributed by atoms with E-state index in [-0.39, 0.29) is 17.3 Å². The molecule has 0 aromatic carbocycles. The number of carbonyl (C=O) groups excluding carboxylic acids is 1. The highest BCUT2D eigenvalue weighted by Gasteiger charge is 2.19. The Labute approximate surface area is 115 Å². The molecule has 20 heavy (non-hydrogen) atoms. The first kappa shape index (κ1) is 13.7. The van der Waals surface area contributed by atoms with Crippen molar-refractivity contribution >= 4 is 11.9 Å². The first-order chi connectivity index (χ1) is 9.59. The smallest absolute Gasteiger partial charge is 0.338 e. The number of nitrogens with zero attached hydrogens (tertiary/aromatic N) is 2. The van der Waals surface area contributed by atoms with Gasteiger partial charge >= 0.3 is 5.97 Å². The van der Waals surface area contributed by atoms with Crippen LogP contribution in [0.4, 0.5) is 0 Å². The molecule has 1 atom stereocenters. The number of aromatic nitrogens is 2. The summed E-state index contributed by atoms with van der Waals surface area (Å²) >= 11 is 0. The Bertz CT molecular complexity index is 629. The van der Waals surface area contributed by atoms with Crippen molar-refractivity contribution in [1.82, 2.24) is 15.3 Å². The van der Waals surface area contributed by atoms with Gasteiger partial charge in [-0.2, -0.15) is 0 Å². The van der Waals surface area contributed by atoms with Crippen molar-refractivity contribution in [2.24, 2.45) is 0 Å². The van der Waals surface area contributed by atoms with Gasteiger partial charge in [-0.25, -0.2) is 4.79 Å². The first-order valence-electron chi connectivity index (χ1n) is 5.98. The van der Waals surface area contributed by atoms with Crippen LogP contribution in [-0.2, 0) is 0 Å². The van der Waals surface area contributed by atoms with Gasteiger partial charge in [0.1, 0.15) is 5.69 Å². The lowest BCUT2D eigenvalue weighted by molar-refractivity contribution is 0.0689. The number of aromatic carboxylic acids is 1. The molecule has 0 radical (unpaired) electrons. The maximum atomic E-state index is 12.1. The number of nitrogens with one attached hydrogen (secondary N) is 1. The molecule has 0 spiro atoms. The van der Waals surface area contributed by atoms with Crippen molar-refractivity contribution in [3.05, 3.63) is 59.7 Å². The molecular weight excluding hydrogens is 258 g/mol. The highest BCUT2D eigenvalue weighted by molar-refractivity contribution is 6.03. The van der Waals surface area contributed by atoms with Crippen molar-refractivity contribution in [3.63, 3.8) is 0 Å². The van der Waals surface area contributed by atoms with Crippen LogP contribution in [0, 0.1) is 0 Å². The van der Waals surface area contributed by atoms with Gasteiger partial charge in [0, 0.05) is 18.6 Å². The van der Waals surface area contributed by atoms with Crippen LogP contribution in [0.15, 0.2) is 42.9 Å². The van der Waals surface area contributed by atoms with E-state index in [0.29, 0.717) is 0 Å². The summed E-state index contributed by atoms with van der Waals surface area (Å²) in [6.45, 7) is 1.80. The van der Waals surface area contributed by atoms with Crippen molar-refractivity contribution in [2.45, 2.75) is 13.0 Å². The molecule has 0 unspecified atom stereocenters. The highest BCUT2D eigenvalue weighted by atomic mass is 16.4. The molecule has 0 saturated carbocycles. The number of rotatable bonds is 4.